The molecule has 0 aromatic heterocycles. The molecule has 0 heterocycles. The topological polar surface area (TPSA) is 99.5 Å². The summed E-state index contributed by atoms with van der Waals surface area (Å²) in [5.41, 5.74) is 0.593. The first kappa shape index (κ1) is 21.4. The number of anilines is 1. The van der Waals surface area contributed by atoms with Crippen LogP contribution in [-0.2, 0) is 14.3 Å². The van der Waals surface area contributed by atoms with E-state index in [1.807, 2.05) is 4.90 Å². The van der Waals surface area contributed by atoms with Gasteiger partial charge in [0.2, 0.25) is 5.91 Å². The van der Waals surface area contributed by atoms with E-state index in [4.69, 9.17) is 10.00 Å². The van der Waals surface area contributed by atoms with Gasteiger partial charge in [0.1, 0.15) is 0 Å². The number of nitriles is 1. The zero-order valence-electron chi connectivity index (χ0n) is 17.9. The number of esters is 1. The Labute approximate surface area is 182 Å². The highest BCUT2D eigenvalue weighted by Gasteiger charge is 2.54. The van der Waals surface area contributed by atoms with Gasteiger partial charge in [-0.1, -0.05) is 6.07 Å². The molecular weight excluding hydrogens is 394 g/mol. The van der Waals surface area contributed by atoms with Crippen LogP contribution >= 0.6 is 0 Å². The van der Waals surface area contributed by atoms with Crippen molar-refractivity contribution in [3.8, 4) is 6.07 Å². The molecule has 31 heavy (non-hydrogen) atoms. The van der Waals surface area contributed by atoms with Crippen LogP contribution < -0.4 is 5.32 Å². The Morgan fingerprint density at radius 1 is 1.16 bits per heavy atom. The Kier molecular flexibility index (Phi) is 5.99. The fourth-order valence-electron chi connectivity index (χ4n) is 6.40. The van der Waals surface area contributed by atoms with E-state index in [1.165, 1.54) is 32.3 Å². The number of hydrogen-bond donors (Lipinski definition) is 1. The van der Waals surface area contributed by atoms with Crippen LogP contribution in [0.25, 0.3) is 0 Å². The molecule has 1 aromatic rings. The Morgan fingerprint density at radius 3 is 2.39 bits per heavy atom. The maximum atomic E-state index is 13.2. The van der Waals surface area contributed by atoms with Crippen LogP contribution in [-0.4, -0.2) is 41.4 Å². The second kappa shape index (κ2) is 8.70. The van der Waals surface area contributed by atoms with E-state index in [2.05, 4.69) is 11.4 Å². The quantitative estimate of drug-likeness (QED) is 0.677. The zero-order chi connectivity index (χ0) is 22.0. The number of nitrogens with one attached hydrogen (secondary N) is 1. The van der Waals surface area contributed by atoms with E-state index in [9.17, 15) is 14.4 Å². The molecule has 0 saturated heterocycles. The van der Waals surface area contributed by atoms with Crippen LogP contribution in [0, 0.1) is 29.1 Å². The molecule has 164 valence electrons. The van der Waals surface area contributed by atoms with Gasteiger partial charge in [-0.3, -0.25) is 9.59 Å². The molecule has 7 heteroatoms. The van der Waals surface area contributed by atoms with Crippen LogP contribution in [0.1, 0.15) is 62.2 Å². The fourth-order valence-corrected chi connectivity index (χ4v) is 6.40. The normalized spacial score (nSPS) is 27.9. The van der Waals surface area contributed by atoms with Gasteiger partial charge in [-0.15, -0.1) is 0 Å². The first-order valence-corrected chi connectivity index (χ1v) is 11.1. The third-order valence-electron chi connectivity index (χ3n) is 7.07. The van der Waals surface area contributed by atoms with Crippen molar-refractivity contribution in [3.05, 3.63) is 29.8 Å². The SMILES string of the molecule is CC(=O)Nc1cccc(C(=O)OCC(=O)N(CCC#N)C23CC4CC(CC(C4)C2)C3)c1. The molecule has 0 unspecified atom stereocenters. The monoisotopic (exact) mass is 423 g/mol. The predicted molar refractivity (Wildman–Crippen MR) is 114 cm³/mol. The highest BCUT2D eigenvalue weighted by atomic mass is 16.5. The predicted octanol–water partition coefficient (Wildman–Crippen LogP) is 3.51. The molecule has 0 radical (unpaired) electrons. The van der Waals surface area contributed by atoms with E-state index >= 15 is 0 Å². The van der Waals surface area contributed by atoms with E-state index in [0.717, 1.165) is 19.3 Å². The molecule has 4 fully saturated rings. The molecule has 4 bridgehead atoms. The molecule has 4 aliphatic rings. The third-order valence-corrected chi connectivity index (χ3v) is 7.07. The van der Waals surface area contributed by atoms with Crippen molar-refractivity contribution in [1.82, 2.24) is 4.90 Å². The average molecular weight is 424 g/mol. The Morgan fingerprint density at radius 2 is 1.81 bits per heavy atom. The lowest BCUT2D eigenvalue weighted by atomic mass is 9.52. The maximum absolute atomic E-state index is 13.2. The molecule has 4 saturated carbocycles. The van der Waals surface area contributed by atoms with Crippen molar-refractivity contribution < 1.29 is 19.1 Å². The molecule has 2 amide bonds. The highest BCUT2D eigenvalue weighted by molar-refractivity contribution is 5.94. The first-order chi connectivity index (χ1) is 14.9. The van der Waals surface area contributed by atoms with Crippen LogP contribution in [0.3, 0.4) is 0 Å². The Bertz CT molecular complexity index is 884. The summed E-state index contributed by atoms with van der Waals surface area (Å²) in [6, 6.07) is 8.61. The van der Waals surface area contributed by atoms with E-state index < -0.39 is 5.97 Å². The van der Waals surface area contributed by atoms with Crippen molar-refractivity contribution in [3.63, 3.8) is 0 Å². The average Bonchev–Trinajstić information content (AvgIpc) is 2.71. The second-order valence-electron chi connectivity index (χ2n) is 9.43. The second-order valence-corrected chi connectivity index (χ2v) is 9.43. The lowest BCUT2D eigenvalue weighted by Gasteiger charge is -2.60. The summed E-state index contributed by atoms with van der Waals surface area (Å²) in [7, 11) is 0. The summed E-state index contributed by atoms with van der Waals surface area (Å²) in [5.74, 6) is 0.951. The number of benzene rings is 1. The number of hydrogen-bond acceptors (Lipinski definition) is 5. The molecule has 4 aliphatic carbocycles. The molecule has 1 N–H and O–H groups in total. The number of carbonyl (C=O) groups is 3. The molecule has 0 atom stereocenters. The summed E-state index contributed by atoms with van der Waals surface area (Å²) in [6.45, 7) is 1.44. The van der Waals surface area contributed by atoms with Crippen molar-refractivity contribution in [2.24, 2.45) is 17.8 Å². The van der Waals surface area contributed by atoms with Crippen molar-refractivity contribution >= 4 is 23.5 Å². The fraction of sp³-hybridized carbons (Fsp3) is 0.583. The summed E-state index contributed by atoms with van der Waals surface area (Å²) in [6.07, 6.45) is 7.08. The number of nitrogens with zero attached hydrogens (tertiary/aromatic N) is 2. The van der Waals surface area contributed by atoms with E-state index in [1.54, 1.807) is 18.2 Å². The van der Waals surface area contributed by atoms with Crippen molar-refractivity contribution in [1.29, 1.82) is 5.26 Å². The summed E-state index contributed by atoms with van der Waals surface area (Å²) in [5, 5.41) is 11.8. The number of rotatable bonds is 7. The van der Waals surface area contributed by atoms with Gasteiger partial charge < -0.3 is 15.0 Å². The van der Waals surface area contributed by atoms with Gasteiger partial charge in [-0.25, -0.2) is 4.79 Å². The van der Waals surface area contributed by atoms with Gasteiger partial charge in [0.05, 0.1) is 18.1 Å². The molecule has 1 aromatic carbocycles. The lowest BCUT2D eigenvalue weighted by Crippen LogP contribution is -2.62. The first-order valence-electron chi connectivity index (χ1n) is 11.1. The van der Waals surface area contributed by atoms with E-state index in [-0.39, 0.29) is 35.9 Å². The number of ether oxygens (including phenoxy) is 1. The van der Waals surface area contributed by atoms with Gasteiger partial charge in [-0.05, 0) is 74.5 Å². The number of carbonyl (C=O) groups excluding carboxylic acids is 3. The number of amides is 2. The minimum atomic E-state index is -0.605. The molecule has 0 spiro atoms. The van der Waals surface area contributed by atoms with Crippen molar-refractivity contribution in [2.75, 3.05) is 18.5 Å². The minimum absolute atomic E-state index is 0.180. The lowest BCUT2D eigenvalue weighted by molar-refractivity contribution is -0.153. The summed E-state index contributed by atoms with van der Waals surface area (Å²) >= 11 is 0. The smallest absolute Gasteiger partial charge is 0.338 e. The highest BCUT2D eigenvalue weighted by Crippen LogP contribution is 2.57. The standard InChI is InChI=1S/C24H29N3O4/c1-16(28)26-21-5-2-4-20(11-21)23(30)31-15-22(29)27(7-3-6-25)24-12-17-8-18(13-24)10-19(9-17)14-24/h2,4-5,11,17-19H,3,7-10,12-15H2,1H3,(H,26,28). The van der Waals surface area contributed by atoms with Gasteiger partial charge >= 0.3 is 5.97 Å². The van der Waals surface area contributed by atoms with Gasteiger partial charge in [0.25, 0.3) is 5.91 Å². The minimum Gasteiger partial charge on any atom is -0.452 e. The van der Waals surface area contributed by atoms with E-state index in [0.29, 0.717) is 30.0 Å². The molecule has 5 rings (SSSR count). The van der Waals surface area contributed by atoms with Crippen LogP contribution in [0.2, 0.25) is 0 Å². The largest absolute Gasteiger partial charge is 0.452 e. The summed E-state index contributed by atoms with van der Waals surface area (Å²) < 4.78 is 5.35. The molecular formula is C24H29N3O4. The summed E-state index contributed by atoms with van der Waals surface area (Å²) in [4.78, 5) is 38.8. The third kappa shape index (κ3) is 4.58. The molecule has 0 aliphatic heterocycles. The van der Waals surface area contributed by atoms with Crippen LogP contribution in [0.15, 0.2) is 24.3 Å². The Hall–Kier alpha value is -2.88. The van der Waals surface area contributed by atoms with Gasteiger partial charge in [0, 0.05) is 24.7 Å². The van der Waals surface area contributed by atoms with Gasteiger partial charge in [0.15, 0.2) is 6.61 Å². The Balaban J connectivity index is 1.43. The van der Waals surface area contributed by atoms with Crippen molar-refractivity contribution in [2.45, 2.75) is 57.4 Å². The maximum Gasteiger partial charge on any atom is 0.338 e. The molecule has 7 nitrogen and oxygen atoms in total. The van der Waals surface area contributed by atoms with Crippen LogP contribution in [0.4, 0.5) is 5.69 Å². The zero-order valence-corrected chi connectivity index (χ0v) is 17.9. The van der Waals surface area contributed by atoms with Crippen LogP contribution in [0.5, 0.6) is 0 Å². The van der Waals surface area contributed by atoms with Gasteiger partial charge in [-0.2, -0.15) is 5.26 Å².